The number of carboxylic acid groups (broad SMARTS) is 2. The van der Waals surface area contributed by atoms with Crippen molar-refractivity contribution in [2.45, 2.75) is 50.5 Å². The van der Waals surface area contributed by atoms with Gasteiger partial charge < -0.3 is 47.2 Å². The van der Waals surface area contributed by atoms with Crippen molar-refractivity contribution < 1.29 is 61.5 Å². The SMILES string of the molecule is CC(C)(O/N=C(\C(=O)N[C@@H]1C(=O)N2C(C(=O)O)=C(C[n+]3cc(CN)c(N)n3CCO)CS[C@H]12)c1nsc(N)n1)C(=O)O.O=S(=O)([O-])O. The van der Waals surface area contributed by atoms with Crippen molar-refractivity contribution in [2.24, 2.45) is 10.9 Å². The van der Waals surface area contributed by atoms with Crippen molar-refractivity contribution in [1.82, 2.24) is 24.3 Å². The summed E-state index contributed by atoms with van der Waals surface area (Å²) < 4.78 is 40.0. The average Bonchev–Trinajstić information content (AvgIpc) is 3.52. The summed E-state index contributed by atoms with van der Waals surface area (Å²) >= 11 is 1.99. The van der Waals surface area contributed by atoms with Gasteiger partial charge in [-0.15, -0.1) is 21.1 Å². The Morgan fingerprint density at radius 1 is 1.30 bits per heavy atom. The molecule has 0 radical (unpaired) electrons. The van der Waals surface area contributed by atoms with Gasteiger partial charge in [-0.25, -0.2) is 18.0 Å². The predicted molar refractivity (Wildman–Crippen MR) is 160 cm³/mol. The van der Waals surface area contributed by atoms with E-state index in [1.54, 1.807) is 15.6 Å². The van der Waals surface area contributed by atoms with E-state index in [2.05, 4.69) is 19.8 Å². The molecule has 1 saturated heterocycles. The first-order valence-electron chi connectivity index (χ1n) is 13.0. The minimum absolute atomic E-state index is 0.00355. The number of aliphatic hydroxyl groups excluding tert-OH is 1. The van der Waals surface area contributed by atoms with Crippen molar-refractivity contribution in [3.8, 4) is 0 Å². The number of aliphatic hydroxyl groups is 1. The van der Waals surface area contributed by atoms with Crippen LogP contribution in [-0.4, -0.2) is 111 Å². The number of hydrogen-bond donors (Lipinski definition) is 8. The van der Waals surface area contributed by atoms with E-state index in [4.69, 9.17) is 39.6 Å². The Labute approximate surface area is 273 Å². The van der Waals surface area contributed by atoms with Crippen LogP contribution in [0.15, 0.2) is 22.6 Å². The van der Waals surface area contributed by atoms with Gasteiger partial charge in [-0.2, -0.15) is 9.36 Å². The molecule has 4 rings (SSSR count). The molecule has 0 aromatic carbocycles. The fourth-order valence-corrected chi connectivity index (χ4v) is 5.95. The van der Waals surface area contributed by atoms with Gasteiger partial charge in [-0.05, 0) is 13.8 Å². The molecule has 47 heavy (non-hydrogen) atoms. The predicted octanol–water partition coefficient (Wildman–Crippen LogP) is -3.73. The summed E-state index contributed by atoms with van der Waals surface area (Å²) in [6, 6.07) is -1.14. The summed E-state index contributed by atoms with van der Waals surface area (Å²) in [4.78, 5) is 60.2. The summed E-state index contributed by atoms with van der Waals surface area (Å²) in [5, 5.41) is 34.2. The van der Waals surface area contributed by atoms with E-state index in [1.807, 2.05) is 0 Å². The summed E-state index contributed by atoms with van der Waals surface area (Å²) in [5.74, 6) is -4.06. The van der Waals surface area contributed by atoms with Crippen LogP contribution < -0.4 is 27.2 Å². The first-order chi connectivity index (χ1) is 21.8. The highest BCUT2D eigenvalue weighted by atomic mass is 32.3. The highest BCUT2D eigenvalue weighted by molar-refractivity contribution is 8.00. The number of nitrogens with zero attached hydrogens (tertiary/aromatic N) is 6. The molecular formula is C22H30N10O12S3. The number of fused-ring (bicyclic) bond motifs is 1. The number of carboxylic acids is 2. The highest BCUT2D eigenvalue weighted by Crippen LogP contribution is 2.40. The van der Waals surface area contributed by atoms with E-state index in [-0.39, 0.29) is 48.6 Å². The van der Waals surface area contributed by atoms with Gasteiger partial charge in [0.2, 0.25) is 33.7 Å². The second-order valence-electron chi connectivity index (χ2n) is 10.0. The minimum Gasteiger partial charge on any atom is -0.726 e. The van der Waals surface area contributed by atoms with Gasteiger partial charge in [0.1, 0.15) is 23.7 Å². The number of carbonyl (C=O) groups excluding carboxylic acids is 2. The second-order valence-corrected chi connectivity index (χ2v) is 12.8. The lowest BCUT2D eigenvalue weighted by atomic mass is 10.0. The van der Waals surface area contributed by atoms with Crippen molar-refractivity contribution in [1.29, 1.82) is 0 Å². The maximum absolute atomic E-state index is 13.2. The van der Waals surface area contributed by atoms with Crippen LogP contribution in [0.25, 0.3) is 0 Å². The van der Waals surface area contributed by atoms with Crippen molar-refractivity contribution in [3.05, 3.63) is 28.9 Å². The molecule has 2 aromatic rings. The Morgan fingerprint density at radius 3 is 2.45 bits per heavy atom. The average molecular weight is 723 g/mol. The Morgan fingerprint density at radius 2 is 1.94 bits per heavy atom. The fourth-order valence-electron chi connectivity index (χ4n) is 4.18. The molecule has 1 fully saturated rings. The third-order valence-corrected chi connectivity index (χ3v) is 8.27. The van der Waals surface area contributed by atoms with E-state index >= 15 is 0 Å². The minimum atomic E-state index is -4.92. The number of aliphatic carboxylic acids is 2. The number of anilines is 2. The molecule has 258 valence electrons. The first-order valence-corrected chi connectivity index (χ1v) is 16.2. The zero-order valence-corrected chi connectivity index (χ0v) is 26.9. The standard InChI is InChI=1S/C22H28N10O8S2.H2O4S/c1-22(2,20(38)39)40-28-11(15-27-21(25)42-29-15)16(34)26-12-17(35)32-13(19(36)37)10(8-41-18(12)32)7-30-6-9(5-23)14(24)31(30)3-4-33;1-5(2,3)4/h6,12,18,24,33H,3-5,7-8,23H2,1-2H3,(H5,25,26,27,29,34,36,37,38,39);(H2,1,2,3,4)/b28-11-;/t12-,18-;/m1./s1. The van der Waals surface area contributed by atoms with Gasteiger partial charge in [-0.3, -0.25) is 19.0 Å². The van der Waals surface area contributed by atoms with Gasteiger partial charge in [0, 0.05) is 29.4 Å². The molecule has 2 aromatic heterocycles. The number of amides is 2. The molecular weight excluding hydrogens is 693 g/mol. The second kappa shape index (κ2) is 14.6. The molecule has 0 bridgehead atoms. The van der Waals surface area contributed by atoms with Crippen LogP contribution in [0, 0.1) is 0 Å². The summed E-state index contributed by atoms with van der Waals surface area (Å²) in [5.41, 5.74) is 15.9. The number of aromatic nitrogens is 4. The van der Waals surface area contributed by atoms with E-state index in [9.17, 15) is 34.5 Å². The van der Waals surface area contributed by atoms with Crippen LogP contribution in [0.2, 0.25) is 0 Å². The lowest BCUT2D eigenvalue weighted by molar-refractivity contribution is -0.767. The van der Waals surface area contributed by atoms with Crippen LogP contribution in [0.4, 0.5) is 10.9 Å². The third kappa shape index (κ3) is 8.70. The number of β-lactam (4-membered cyclic amide) rings is 1. The third-order valence-electron chi connectivity index (χ3n) is 6.39. The topological polar surface area (TPSA) is 356 Å². The van der Waals surface area contributed by atoms with E-state index in [0.717, 1.165) is 16.4 Å². The van der Waals surface area contributed by atoms with E-state index < -0.39 is 56.9 Å². The Balaban J connectivity index is 0.00000111. The largest absolute Gasteiger partial charge is 0.726 e. The number of rotatable bonds is 12. The highest BCUT2D eigenvalue weighted by Gasteiger charge is 2.55. The van der Waals surface area contributed by atoms with Crippen LogP contribution in [-0.2, 0) is 54.0 Å². The number of carbonyl (C=O) groups is 4. The normalized spacial score (nSPS) is 18.1. The van der Waals surface area contributed by atoms with Crippen molar-refractivity contribution >= 4 is 74.1 Å². The number of oxime groups is 1. The molecule has 2 aliphatic rings. The molecule has 0 spiro atoms. The maximum Gasteiger partial charge on any atom is 0.352 e. The van der Waals surface area contributed by atoms with Crippen molar-refractivity contribution in [2.75, 3.05) is 23.8 Å². The molecule has 2 atom stereocenters. The summed E-state index contributed by atoms with van der Waals surface area (Å²) in [6.07, 6.45) is 1.66. The number of nitrogens with two attached hydrogens (primary N) is 3. The monoisotopic (exact) mass is 722 g/mol. The van der Waals surface area contributed by atoms with E-state index in [1.165, 1.54) is 25.6 Å². The molecule has 2 aliphatic heterocycles. The Hall–Kier alpha value is -4.40. The van der Waals surface area contributed by atoms with Gasteiger partial charge in [0.25, 0.3) is 11.8 Å². The van der Waals surface area contributed by atoms with Gasteiger partial charge in [-0.1, -0.05) is 5.16 Å². The van der Waals surface area contributed by atoms with Crippen molar-refractivity contribution in [3.63, 3.8) is 0 Å². The molecule has 11 N–H and O–H groups in total. The Bertz CT molecular complexity index is 1730. The smallest absolute Gasteiger partial charge is 0.352 e. The fraction of sp³-hybridized carbons (Fsp3) is 0.455. The molecule has 0 unspecified atom stereocenters. The zero-order valence-electron chi connectivity index (χ0n) is 24.5. The quantitative estimate of drug-likeness (QED) is 0.0260. The first kappa shape index (κ1) is 37.1. The maximum atomic E-state index is 13.2. The molecule has 25 heteroatoms. The van der Waals surface area contributed by atoms with E-state index in [0.29, 0.717) is 17.0 Å². The lowest BCUT2D eigenvalue weighted by Gasteiger charge is -2.49. The molecule has 4 heterocycles. The van der Waals surface area contributed by atoms with Gasteiger partial charge in [0.15, 0.2) is 17.5 Å². The number of nitrogen functional groups attached to an aromatic ring is 2. The van der Waals surface area contributed by atoms with Gasteiger partial charge >= 0.3 is 11.9 Å². The van der Waals surface area contributed by atoms with Crippen LogP contribution in [0.1, 0.15) is 25.2 Å². The molecule has 0 saturated carbocycles. The number of thioether (sulfide) groups is 1. The number of hydrogen-bond acceptors (Lipinski definition) is 17. The van der Waals surface area contributed by atoms with Crippen LogP contribution in [0.3, 0.4) is 0 Å². The van der Waals surface area contributed by atoms with Crippen LogP contribution in [0.5, 0.6) is 0 Å². The van der Waals surface area contributed by atoms with Gasteiger partial charge in [0.05, 0.1) is 12.2 Å². The summed E-state index contributed by atoms with van der Waals surface area (Å²) in [6.45, 7) is 2.53. The molecule has 0 aliphatic carbocycles. The molecule has 2 amide bonds. The summed E-state index contributed by atoms with van der Waals surface area (Å²) in [7, 11) is -4.92. The zero-order chi connectivity index (χ0) is 35.4. The van der Waals surface area contributed by atoms with Crippen LogP contribution >= 0.6 is 23.3 Å². The Kier molecular flexibility index (Phi) is 11.5. The number of nitrogens with one attached hydrogen (secondary N) is 1. The molecule has 22 nitrogen and oxygen atoms in total. The lowest BCUT2D eigenvalue weighted by Crippen LogP contribution is -2.71.